The first-order valence-corrected chi connectivity index (χ1v) is 13.5. The Bertz CT molecular complexity index is 1350. The topological polar surface area (TPSA) is 100 Å². The van der Waals surface area contributed by atoms with Crippen LogP contribution in [0.3, 0.4) is 0 Å². The standard InChI is InChI=1S/C27H30ClN5O3S/c1-26(2,3)36-25(35)32-23-18-7-5-4-6-17(18)14-27(23)9-12-33(13-10-27)20-15-31-21(16-30-20)37-19-8-11-29-24(34)22(19)28/h4-8,11,15-16,23H,9-10,12-14H2,1-3H3,(H,29,34)(H,32,35)/t23-/m1/s1. The molecule has 1 aliphatic carbocycles. The minimum atomic E-state index is -0.552. The lowest BCUT2D eigenvalue weighted by molar-refractivity contribution is 0.0428. The summed E-state index contributed by atoms with van der Waals surface area (Å²) in [4.78, 5) is 39.1. The van der Waals surface area contributed by atoms with Gasteiger partial charge in [-0.05, 0) is 57.2 Å². The van der Waals surface area contributed by atoms with E-state index in [1.807, 2.05) is 26.8 Å². The number of ether oxygens (including phenoxy) is 1. The summed E-state index contributed by atoms with van der Waals surface area (Å²) in [5.74, 6) is 0.809. The number of carbonyl (C=O) groups excluding carboxylic acids is 1. The predicted molar refractivity (Wildman–Crippen MR) is 144 cm³/mol. The number of fused-ring (bicyclic) bond motifs is 1. The first kappa shape index (κ1) is 25.6. The van der Waals surface area contributed by atoms with Crippen molar-refractivity contribution in [1.82, 2.24) is 20.3 Å². The molecular weight excluding hydrogens is 510 g/mol. The summed E-state index contributed by atoms with van der Waals surface area (Å²) in [7, 11) is 0. The SMILES string of the molecule is CC(C)(C)OC(=O)N[C@@H]1c2ccccc2CC12CCN(c1cnc(Sc3cc[nH]c(=O)c3Cl)cn1)CC2. The van der Waals surface area contributed by atoms with Crippen LogP contribution in [0.2, 0.25) is 5.02 Å². The molecule has 2 aliphatic rings. The van der Waals surface area contributed by atoms with Crippen LogP contribution in [0.15, 0.2) is 63.6 Å². The molecule has 194 valence electrons. The summed E-state index contributed by atoms with van der Waals surface area (Å²) < 4.78 is 5.60. The van der Waals surface area contributed by atoms with E-state index >= 15 is 0 Å². The average molecular weight is 540 g/mol. The van der Waals surface area contributed by atoms with E-state index in [0.29, 0.717) is 9.92 Å². The quantitative estimate of drug-likeness (QED) is 0.459. The molecule has 3 aromatic rings. The van der Waals surface area contributed by atoms with Crippen molar-refractivity contribution < 1.29 is 9.53 Å². The Morgan fingerprint density at radius 3 is 2.65 bits per heavy atom. The minimum Gasteiger partial charge on any atom is -0.444 e. The van der Waals surface area contributed by atoms with Crippen molar-refractivity contribution in [3.05, 3.63) is 75.4 Å². The second-order valence-corrected chi connectivity index (χ2v) is 12.0. The number of nitrogens with zero attached hydrogens (tertiary/aromatic N) is 3. The van der Waals surface area contributed by atoms with Gasteiger partial charge in [0.15, 0.2) is 0 Å². The highest BCUT2D eigenvalue weighted by atomic mass is 35.5. The van der Waals surface area contributed by atoms with Gasteiger partial charge in [0.05, 0.1) is 18.4 Å². The van der Waals surface area contributed by atoms with Crippen LogP contribution in [0, 0.1) is 5.41 Å². The molecular formula is C27H30ClN5O3S. The number of benzene rings is 1. The number of piperidine rings is 1. The molecule has 0 unspecified atom stereocenters. The van der Waals surface area contributed by atoms with Crippen LogP contribution < -0.4 is 15.8 Å². The molecule has 1 amide bonds. The van der Waals surface area contributed by atoms with E-state index in [9.17, 15) is 9.59 Å². The Morgan fingerprint density at radius 1 is 1.19 bits per heavy atom. The van der Waals surface area contributed by atoms with Gasteiger partial charge in [-0.15, -0.1) is 0 Å². The third-order valence-electron chi connectivity index (χ3n) is 6.96. The number of amides is 1. The van der Waals surface area contributed by atoms with Crippen LogP contribution in [-0.2, 0) is 11.2 Å². The van der Waals surface area contributed by atoms with Crippen LogP contribution in [0.5, 0.6) is 0 Å². The zero-order valence-electron chi connectivity index (χ0n) is 21.1. The van der Waals surface area contributed by atoms with Crippen molar-refractivity contribution >= 4 is 35.3 Å². The fraction of sp³-hybridized carbons (Fsp3) is 0.407. The number of carbonyl (C=O) groups is 1. The summed E-state index contributed by atoms with van der Waals surface area (Å²) in [6.45, 7) is 7.25. The summed E-state index contributed by atoms with van der Waals surface area (Å²) >= 11 is 7.41. The van der Waals surface area contributed by atoms with Gasteiger partial charge in [0.2, 0.25) is 0 Å². The molecule has 10 heteroatoms. The zero-order chi connectivity index (χ0) is 26.2. The first-order valence-electron chi connectivity index (χ1n) is 12.3. The number of nitrogens with one attached hydrogen (secondary N) is 2. The number of aromatic nitrogens is 3. The van der Waals surface area contributed by atoms with E-state index in [1.165, 1.54) is 22.9 Å². The second-order valence-electron chi connectivity index (χ2n) is 10.6. The van der Waals surface area contributed by atoms with E-state index in [1.54, 1.807) is 24.7 Å². The summed E-state index contributed by atoms with van der Waals surface area (Å²) in [6, 6.07) is 10.0. The van der Waals surface area contributed by atoms with Gasteiger partial charge in [-0.1, -0.05) is 47.6 Å². The van der Waals surface area contributed by atoms with Crippen molar-refractivity contribution in [3.8, 4) is 0 Å². The fourth-order valence-electron chi connectivity index (χ4n) is 5.25. The largest absolute Gasteiger partial charge is 0.444 e. The summed E-state index contributed by atoms with van der Waals surface area (Å²) in [5.41, 5.74) is 1.52. The smallest absolute Gasteiger partial charge is 0.408 e. The van der Waals surface area contributed by atoms with Gasteiger partial charge in [0.1, 0.15) is 21.5 Å². The van der Waals surface area contributed by atoms with Crippen LogP contribution in [0.4, 0.5) is 10.6 Å². The number of H-pyrrole nitrogens is 1. The van der Waals surface area contributed by atoms with Crippen LogP contribution in [0.25, 0.3) is 0 Å². The number of rotatable bonds is 4. The van der Waals surface area contributed by atoms with E-state index in [0.717, 1.165) is 38.2 Å². The number of aromatic amines is 1. The maximum absolute atomic E-state index is 12.7. The molecule has 1 spiro atoms. The lowest BCUT2D eigenvalue weighted by Crippen LogP contribution is -2.47. The molecule has 3 heterocycles. The Hall–Kier alpha value is -3.04. The Morgan fingerprint density at radius 2 is 1.95 bits per heavy atom. The predicted octanol–water partition coefficient (Wildman–Crippen LogP) is 5.38. The van der Waals surface area contributed by atoms with E-state index in [-0.39, 0.29) is 28.1 Å². The number of pyridine rings is 1. The normalized spacial score (nSPS) is 18.5. The molecule has 1 aliphatic heterocycles. The molecule has 37 heavy (non-hydrogen) atoms. The van der Waals surface area contributed by atoms with Gasteiger partial charge in [-0.25, -0.2) is 14.8 Å². The molecule has 2 N–H and O–H groups in total. The Labute approximate surface area is 225 Å². The van der Waals surface area contributed by atoms with Crippen LogP contribution >= 0.6 is 23.4 Å². The lowest BCUT2D eigenvalue weighted by atomic mass is 9.72. The van der Waals surface area contributed by atoms with E-state index < -0.39 is 5.60 Å². The molecule has 0 bridgehead atoms. The van der Waals surface area contributed by atoms with Gasteiger partial charge in [-0.2, -0.15) is 0 Å². The maximum atomic E-state index is 12.7. The molecule has 5 rings (SSSR count). The van der Waals surface area contributed by atoms with Gasteiger partial charge >= 0.3 is 6.09 Å². The van der Waals surface area contributed by atoms with Gasteiger partial charge in [-0.3, -0.25) is 4.79 Å². The van der Waals surface area contributed by atoms with Crippen molar-refractivity contribution in [2.75, 3.05) is 18.0 Å². The van der Waals surface area contributed by atoms with Gasteiger partial charge in [0.25, 0.3) is 5.56 Å². The second kappa shape index (κ2) is 10.0. The van der Waals surface area contributed by atoms with Gasteiger partial charge < -0.3 is 19.9 Å². The molecule has 1 fully saturated rings. The number of halogens is 1. The monoisotopic (exact) mass is 539 g/mol. The molecule has 1 aromatic carbocycles. The third-order valence-corrected chi connectivity index (χ3v) is 8.43. The number of hydrogen-bond acceptors (Lipinski definition) is 7. The summed E-state index contributed by atoms with van der Waals surface area (Å²) in [6.07, 6.45) is 7.40. The molecule has 0 saturated carbocycles. The Balaban J connectivity index is 1.28. The van der Waals surface area contributed by atoms with Crippen molar-refractivity contribution in [2.45, 2.75) is 61.6 Å². The third kappa shape index (κ3) is 5.48. The Kier molecular flexibility index (Phi) is 6.93. The number of hydrogen-bond donors (Lipinski definition) is 2. The highest BCUT2D eigenvalue weighted by Crippen LogP contribution is 2.52. The van der Waals surface area contributed by atoms with Crippen molar-refractivity contribution in [2.24, 2.45) is 5.41 Å². The highest BCUT2D eigenvalue weighted by molar-refractivity contribution is 7.99. The molecule has 0 radical (unpaired) electrons. The molecule has 1 atom stereocenters. The number of anilines is 1. The van der Waals surface area contributed by atoms with Crippen LogP contribution in [0.1, 0.15) is 50.8 Å². The number of alkyl carbamates (subject to hydrolysis) is 1. The van der Waals surface area contributed by atoms with E-state index in [2.05, 4.69) is 43.4 Å². The highest BCUT2D eigenvalue weighted by Gasteiger charge is 2.48. The summed E-state index contributed by atoms with van der Waals surface area (Å²) in [5, 5.41) is 4.01. The maximum Gasteiger partial charge on any atom is 0.408 e. The van der Waals surface area contributed by atoms with E-state index in [4.69, 9.17) is 16.3 Å². The zero-order valence-corrected chi connectivity index (χ0v) is 22.7. The van der Waals surface area contributed by atoms with Gasteiger partial charge in [0, 0.05) is 29.6 Å². The average Bonchev–Trinajstić information content (AvgIpc) is 3.14. The van der Waals surface area contributed by atoms with Crippen molar-refractivity contribution in [3.63, 3.8) is 0 Å². The lowest BCUT2D eigenvalue weighted by Gasteiger charge is -2.43. The molecule has 8 nitrogen and oxygen atoms in total. The molecule has 1 saturated heterocycles. The van der Waals surface area contributed by atoms with Crippen LogP contribution in [-0.4, -0.2) is 39.7 Å². The van der Waals surface area contributed by atoms with Crippen molar-refractivity contribution in [1.29, 1.82) is 0 Å². The molecule has 2 aromatic heterocycles. The fourth-order valence-corrected chi connectivity index (χ4v) is 6.24. The minimum absolute atomic E-state index is 0.0720. The first-order chi connectivity index (χ1) is 17.6.